The minimum atomic E-state index is -4.46. The molecular formula is C16H13NaO5S. The maximum absolute atomic E-state index is 11.6. The van der Waals surface area contributed by atoms with E-state index in [-0.39, 0.29) is 10.5 Å². The molecule has 5 nitrogen and oxygen atoms in total. The van der Waals surface area contributed by atoms with Crippen molar-refractivity contribution in [3.63, 3.8) is 0 Å². The van der Waals surface area contributed by atoms with Crippen LogP contribution in [0.1, 0.15) is 21.5 Å². The molecule has 0 aliphatic carbocycles. The number of carbonyl (C=O) groups excluding carboxylic acids is 1. The molecule has 2 aromatic rings. The van der Waals surface area contributed by atoms with Crippen LogP contribution in [0.25, 0.3) is 12.2 Å². The Morgan fingerprint density at radius 1 is 1.13 bits per heavy atom. The first-order valence-electron chi connectivity index (χ1n) is 6.76. The molecule has 0 fully saturated rings. The molecule has 2 aromatic carbocycles. The molecule has 2 rings (SSSR count). The quantitative estimate of drug-likeness (QED) is 0.396. The van der Waals surface area contributed by atoms with Crippen molar-refractivity contribution in [2.45, 2.75) is 4.90 Å². The van der Waals surface area contributed by atoms with Gasteiger partial charge in [0.25, 0.3) is 0 Å². The Hall–Kier alpha value is -1.44. The van der Waals surface area contributed by atoms with Gasteiger partial charge in [-0.1, -0.05) is 0 Å². The topological polar surface area (TPSA) is 80.7 Å². The van der Waals surface area contributed by atoms with E-state index < -0.39 is 16.1 Å². The second-order valence-electron chi connectivity index (χ2n) is 4.91. The summed E-state index contributed by atoms with van der Waals surface area (Å²) in [5.41, 5.74) is 1.34. The third-order valence-corrected chi connectivity index (χ3v) is 5.16. The van der Waals surface area contributed by atoms with E-state index >= 15 is 0 Å². The Labute approximate surface area is 152 Å². The first kappa shape index (κ1) is 17.9. The van der Waals surface area contributed by atoms with E-state index in [4.69, 9.17) is 0 Å². The van der Waals surface area contributed by atoms with Gasteiger partial charge in [0.2, 0.25) is 0 Å². The van der Waals surface area contributed by atoms with E-state index in [0.29, 0.717) is 5.56 Å². The van der Waals surface area contributed by atoms with Crippen LogP contribution in [0.3, 0.4) is 0 Å². The van der Waals surface area contributed by atoms with Crippen molar-refractivity contribution in [3.05, 3.63) is 59.2 Å². The summed E-state index contributed by atoms with van der Waals surface area (Å²) in [4.78, 5) is 11.2. The number of methoxy groups -OCH3 is 1. The molecule has 1 N–H and O–H groups in total. The van der Waals surface area contributed by atoms with Crippen LogP contribution in [-0.2, 0) is 14.9 Å². The van der Waals surface area contributed by atoms with Gasteiger partial charge in [0.15, 0.2) is 0 Å². The summed E-state index contributed by atoms with van der Waals surface area (Å²) in [6.45, 7) is 0. The summed E-state index contributed by atoms with van der Waals surface area (Å²) < 4.78 is 38.3. The van der Waals surface area contributed by atoms with E-state index in [1.165, 1.54) is 22.1 Å². The van der Waals surface area contributed by atoms with E-state index in [2.05, 4.69) is 4.74 Å². The van der Waals surface area contributed by atoms with Crippen LogP contribution in [0.4, 0.5) is 0 Å². The fraction of sp³-hybridized carbons (Fsp3) is 0.0625. The zero-order chi connectivity index (χ0) is 17.0. The number of esters is 1. The molecule has 0 aliphatic heterocycles. The fourth-order valence-corrected chi connectivity index (χ4v) is 3.33. The molecule has 0 atom stereocenters. The van der Waals surface area contributed by atoms with Crippen molar-refractivity contribution < 1.29 is 22.5 Å². The summed E-state index contributed by atoms with van der Waals surface area (Å²) >= 11 is 0.858. The maximum atomic E-state index is 11.6. The number of hydrogen-bond donors (Lipinski definition) is 1. The normalized spacial score (nSPS) is 11.7. The molecule has 0 amide bonds. The average Bonchev–Trinajstić information content (AvgIpc) is 2.52. The van der Waals surface area contributed by atoms with Crippen molar-refractivity contribution in [3.8, 4) is 0 Å². The van der Waals surface area contributed by atoms with Crippen molar-refractivity contribution in [2.24, 2.45) is 0 Å². The molecule has 0 radical (unpaired) electrons. The van der Waals surface area contributed by atoms with Gasteiger partial charge in [0.05, 0.1) is 0 Å². The van der Waals surface area contributed by atoms with Crippen LogP contribution in [0.15, 0.2) is 47.4 Å². The Balaban J connectivity index is 2.50. The summed E-state index contributed by atoms with van der Waals surface area (Å²) in [5, 5.41) is 0. The van der Waals surface area contributed by atoms with E-state index in [9.17, 15) is 17.8 Å². The van der Waals surface area contributed by atoms with Crippen molar-refractivity contribution in [1.29, 1.82) is 0 Å². The van der Waals surface area contributed by atoms with Gasteiger partial charge >= 0.3 is 153 Å². The van der Waals surface area contributed by atoms with Crippen LogP contribution in [-0.4, -0.2) is 54.0 Å². The minimum absolute atomic E-state index is 0.0561. The van der Waals surface area contributed by atoms with Crippen molar-refractivity contribution in [1.82, 2.24) is 0 Å². The van der Waals surface area contributed by atoms with E-state index in [0.717, 1.165) is 39.6 Å². The third-order valence-electron chi connectivity index (χ3n) is 3.34. The molecule has 0 bridgehead atoms. The number of carbonyl (C=O) groups is 1. The van der Waals surface area contributed by atoms with Gasteiger partial charge in [-0.05, 0) is 0 Å². The third kappa shape index (κ3) is 4.53. The molecule has 0 saturated carbocycles. The monoisotopic (exact) mass is 340 g/mol. The molecule has 0 aromatic heterocycles. The standard InChI is InChI=1S/C16H13O5S.Na/c1-21-16(17)14-10-9-13(15(11-14)22(18,19)20)8-7-12-5-3-2-4-6-12;/h2-5,7-11H,1H3,(H,18,19,20);. The summed E-state index contributed by atoms with van der Waals surface area (Å²) in [6.07, 6.45) is 3.38. The van der Waals surface area contributed by atoms with Gasteiger partial charge < -0.3 is 0 Å². The molecule has 0 heterocycles. The van der Waals surface area contributed by atoms with Gasteiger partial charge in [-0.25, -0.2) is 0 Å². The molecule has 0 unspecified atom stereocenters. The molecule has 23 heavy (non-hydrogen) atoms. The second-order valence-corrected chi connectivity index (χ2v) is 7.38. The Morgan fingerprint density at radius 3 is 2.39 bits per heavy atom. The summed E-state index contributed by atoms with van der Waals surface area (Å²) in [7, 11) is -3.26. The average molecular weight is 340 g/mol. The van der Waals surface area contributed by atoms with Crippen LogP contribution >= 0.6 is 0 Å². The first-order valence-corrected chi connectivity index (χ1v) is 9.20. The van der Waals surface area contributed by atoms with Gasteiger partial charge in [-0.2, -0.15) is 0 Å². The number of hydrogen-bond acceptors (Lipinski definition) is 4. The molecule has 114 valence electrons. The zero-order valence-corrected chi connectivity index (χ0v) is 15.5. The van der Waals surface area contributed by atoms with Gasteiger partial charge in [-0.15, -0.1) is 0 Å². The molecule has 0 spiro atoms. The van der Waals surface area contributed by atoms with E-state index in [1.807, 2.05) is 24.3 Å². The zero-order valence-electron chi connectivity index (χ0n) is 12.7. The van der Waals surface area contributed by atoms with Gasteiger partial charge in [0.1, 0.15) is 0 Å². The van der Waals surface area contributed by atoms with Crippen LogP contribution in [0, 0.1) is 0 Å². The molecule has 0 saturated heterocycles. The van der Waals surface area contributed by atoms with Crippen molar-refractivity contribution in [2.75, 3.05) is 7.11 Å². The summed E-state index contributed by atoms with van der Waals surface area (Å²) in [6, 6.07) is 11.8. The van der Waals surface area contributed by atoms with Gasteiger partial charge in [0, 0.05) is 0 Å². The number of benzene rings is 2. The van der Waals surface area contributed by atoms with Crippen LogP contribution < -0.4 is 2.81 Å². The Kier molecular flexibility index (Phi) is 5.78. The SMILES string of the molecule is COC(=O)c1ccc(C=Cc2cccc[c]2[Na])c(S(=O)(=O)O)c1. The molecular weight excluding hydrogens is 327 g/mol. The number of rotatable bonds is 4. The first-order chi connectivity index (χ1) is 10.8. The molecule has 7 heteroatoms. The predicted molar refractivity (Wildman–Crippen MR) is 88.4 cm³/mol. The predicted octanol–water partition coefficient (Wildman–Crippen LogP) is 1.68. The molecule has 0 aliphatic rings. The Morgan fingerprint density at radius 2 is 1.78 bits per heavy atom. The van der Waals surface area contributed by atoms with Crippen molar-refractivity contribution >= 4 is 59.0 Å². The number of ether oxygens (including phenoxy) is 1. The van der Waals surface area contributed by atoms with Crippen LogP contribution in [0.2, 0.25) is 0 Å². The van der Waals surface area contributed by atoms with Gasteiger partial charge in [-0.3, -0.25) is 0 Å². The fourth-order valence-electron chi connectivity index (χ4n) is 2.09. The Bertz CT molecular complexity index is 872. The van der Waals surface area contributed by atoms with Crippen LogP contribution in [0.5, 0.6) is 0 Å². The van der Waals surface area contributed by atoms with E-state index in [1.54, 1.807) is 12.2 Å². The summed E-state index contributed by atoms with van der Waals surface area (Å²) in [5.74, 6) is -0.671. The second kappa shape index (κ2) is 7.42.